The van der Waals surface area contributed by atoms with Gasteiger partial charge < -0.3 is 10.1 Å². The van der Waals surface area contributed by atoms with Crippen molar-refractivity contribution >= 4 is 5.82 Å². The first-order valence-corrected chi connectivity index (χ1v) is 5.68. The molecule has 17 heavy (non-hydrogen) atoms. The molecule has 2 heterocycles. The molecule has 0 saturated carbocycles. The van der Waals surface area contributed by atoms with Crippen molar-refractivity contribution in [2.45, 2.75) is 12.5 Å². The molecule has 0 spiro atoms. The molecule has 2 aromatic rings. The summed E-state index contributed by atoms with van der Waals surface area (Å²) in [4.78, 5) is 8.09. The largest absolute Gasteiger partial charge is 0.493 e. The van der Waals surface area contributed by atoms with E-state index in [4.69, 9.17) is 4.74 Å². The number of anilines is 1. The summed E-state index contributed by atoms with van der Waals surface area (Å²) in [5.74, 6) is 1.81. The van der Waals surface area contributed by atoms with Gasteiger partial charge in [-0.2, -0.15) is 0 Å². The molecule has 1 N–H and O–H groups in total. The molecule has 1 aromatic carbocycles. The third-order valence-corrected chi connectivity index (χ3v) is 2.86. The van der Waals surface area contributed by atoms with E-state index >= 15 is 0 Å². The van der Waals surface area contributed by atoms with E-state index in [0.29, 0.717) is 0 Å². The second-order valence-corrected chi connectivity index (χ2v) is 3.97. The van der Waals surface area contributed by atoms with Crippen molar-refractivity contribution in [3.05, 3.63) is 48.4 Å². The van der Waals surface area contributed by atoms with Crippen molar-refractivity contribution in [3.8, 4) is 5.75 Å². The fraction of sp³-hybridized carbons (Fsp3) is 0.231. The molecule has 4 nitrogen and oxygen atoms in total. The normalized spacial score (nSPS) is 18.0. The van der Waals surface area contributed by atoms with E-state index in [1.165, 1.54) is 5.56 Å². The summed E-state index contributed by atoms with van der Waals surface area (Å²) < 4.78 is 5.62. The Labute approximate surface area is 99.7 Å². The minimum Gasteiger partial charge on any atom is -0.493 e. The predicted molar refractivity (Wildman–Crippen MR) is 64.9 cm³/mol. The highest BCUT2D eigenvalue weighted by Gasteiger charge is 2.20. The number of fused-ring (bicyclic) bond motifs is 1. The lowest BCUT2D eigenvalue weighted by molar-refractivity contribution is 0.274. The van der Waals surface area contributed by atoms with Gasteiger partial charge >= 0.3 is 0 Å². The maximum atomic E-state index is 5.62. The maximum Gasteiger partial charge on any atom is 0.129 e. The molecule has 0 radical (unpaired) electrons. The summed E-state index contributed by atoms with van der Waals surface area (Å²) in [5, 5.41) is 3.41. The first-order chi connectivity index (χ1) is 8.43. The standard InChI is InChI=1S/C13H13N3O/c1-2-4-12-10(3-1)11(6-8-17-12)16-13-5-7-14-9-15-13/h1-5,7,9,11H,6,8H2,(H,14,15,16). The van der Waals surface area contributed by atoms with Crippen LogP contribution >= 0.6 is 0 Å². The summed E-state index contributed by atoms with van der Waals surface area (Å²) in [6.45, 7) is 0.736. The first kappa shape index (κ1) is 10.1. The minimum atomic E-state index is 0.259. The molecule has 0 fully saturated rings. The van der Waals surface area contributed by atoms with Crippen molar-refractivity contribution in [2.75, 3.05) is 11.9 Å². The van der Waals surface area contributed by atoms with Crippen LogP contribution in [0.5, 0.6) is 5.75 Å². The number of aromatic nitrogens is 2. The number of ether oxygens (including phenoxy) is 1. The number of nitrogens with zero attached hydrogens (tertiary/aromatic N) is 2. The van der Waals surface area contributed by atoms with Crippen LogP contribution in [0.1, 0.15) is 18.0 Å². The summed E-state index contributed by atoms with van der Waals surface area (Å²) in [6, 6.07) is 10.2. The Morgan fingerprint density at radius 1 is 1.24 bits per heavy atom. The monoisotopic (exact) mass is 227 g/mol. The molecule has 1 aromatic heterocycles. The van der Waals surface area contributed by atoms with Crippen molar-refractivity contribution in [1.82, 2.24) is 9.97 Å². The molecule has 86 valence electrons. The smallest absolute Gasteiger partial charge is 0.129 e. The third kappa shape index (κ3) is 2.06. The van der Waals surface area contributed by atoms with Gasteiger partial charge in [-0.15, -0.1) is 0 Å². The Hall–Kier alpha value is -2.10. The van der Waals surface area contributed by atoms with Gasteiger partial charge in [0.05, 0.1) is 12.6 Å². The molecule has 0 bridgehead atoms. The summed E-state index contributed by atoms with van der Waals surface area (Å²) in [6.07, 6.45) is 4.23. The molecule has 1 aliphatic heterocycles. The third-order valence-electron chi connectivity index (χ3n) is 2.86. The Balaban J connectivity index is 1.86. The van der Waals surface area contributed by atoms with Crippen LogP contribution in [0.25, 0.3) is 0 Å². The van der Waals surface area contributed by atoms with Crippen LogP contribution < -0.4 is 10.1 Å². The SMILES string of the molecule is c1ccc2c(c1)OCCC2Nc1ccncn1. The van der Waals surface area contributed by atoms with E-state index in [-0.39, 0.29) is 6.04 Å². The maximum absolute atomic E-state index is 5.62. The lowest BCUT2D eigenvalue weighted by atomic mass is 10.0. The van der Waals surface area contributed by atoms with Gasteiger partial charge in [-0.25, -0.2) is 9.97 Å². The minimum absolute atomic E-state index is 0.259. The summed E-state index contributed by atoms with van der Waals surface area (Å²) in [5.41, 5.74) is 1.19. The number of nitrogens with one attached hydrogen (secondary N) is 1. The van der Waals surface area contributed by atoms with Crippen LogP contribution in [-0.4, -0.2) is 16.6 Å². The van der Waals surface area contributed by atoms with Crippen LogP contribution in [0.2, 0.25) is 0 Å². The van der Waals surface area contributed by atoms with E-state index in [9.17, 15) is 0 Å². The predicted octanol–water partition coefficient (Wildman–Crippen LogP) is 2.41. The summed E-state index contributed by atoms with van der Waals surface area (Å²) >= 11 is 0. The topological polar surface area (TPSA) is 47.0 Å². The van der Waals surface area contributed by atoms with Crippen LogP contribution in [0.15, 0.2) is 42.9 Å². The molecule has 0 amide bonds. The van der Waals surface area contributed by atoms with E-state index < -0.39 is 0 Å². The van der Waals surface area contributed by atoms with Gasteiger partial charge in [-0.1, -0.05) is 18.2 Å². The lowest BCUT2D eigenvalue weighted by Crippen LogP contribution is -2.20. The van der Waals surface area contributed by atoms with E-state index in [1.807, 2.05) is 24.3 Å². The molecule has 0 aliphatic carbocycles. The average Bonchev–Trinajstić information content (AvgIpc) is 2.40. The van der Waals surface area contributed by atoms with Gasteiger partial charge in [-0.05, 0) is 12.1 Å². The van der Waals surface area contributed by atoms with Crippen LogP contribution in [0, 0.1) is 0 Å². The Morgan fingerprint density at radius 3 is 3.06 bits per heavy atom. The molecular weight excluding hydrogens is 214 g/mol. The second kappa shape index (κ2) is 4.41. The Kier molecular flexibility index (Phi) is 2.62. The van der Waals surface area contributed by atoms with Gasteiger partial charge in [0.25, 0.3) is 0 Å². The molecular formula is C13H13N3O. The number of benzene rings is 1. The zero-order valence-corrected chi connectivity index (χ0v) is 9.34. The van der Waals surface area contributed by atoms with Crippen molar-refractivity contribution in [3.63, 3.8) is 0 Å². The van der Waals surface area contributed by atoms with E-state index in [0.717, 1.165) is 24.6 Å². The first-order valence-electron chi connectivity index (χ1n) is 5.68. The number of hydrogen-bond donors (Lipinski definition) is 1. The van der Waals surface area contributed by atoms with Gasteiger partial charge in [0.2, 0.25) is 0 Å². The zero-order valence-electron chi connectivity index (χ0n) is 9.34. The highest BCUT2D eigenvalue weighted by atomic mass is 16.5. The van der Waals surface area contributed by atoms with Crippen LogP contribution in [0.4, 0.5) is 5.82 Å². The molecule has 1 atom stereocenters. The van der Waals surface area contributed by atoms with Gasteiger partial charge in [0.1, 0.15) is 17.9 Å². The Morgan fingerprint density at radius 2 is 2.18 bits per heavy atom. The number of para-hydroxylation sites is 1. The van der Waals surface area contributed by atoms with E-state index in [1.54, 1.807) is 12.5 Å². The van der Waals surface area contributed by atoms with Crippen LogP contribution in [0.3, 0.4) is 0 Å². The average molecular weight is 227 g/mol. The molecule has 4 heteroatoms. The van der Waals surface area contributed by atoms with Gasteiger partial charge in [-0.3, -0.25) is 0 Å². The highest BCUT2D eigenvalue weighted by molar-refractivity contribution is 5.43. The van der Waals surface area contributed by atoms with Crippen molar-refractivity contribution in [1.29, 1.82) is 0 Å². The van der Waals surface area contributed by atoms with Crippen LogP contribution in [-0.2, 0) is 0 Å². The molecule has 0 saturated heterocycles. The Bertz CT molecular complexity index is 501. The molecule has 1 aliphatic rings. The molecule has 1 unspecified atom stereocenters. The van der Waals surface area contributed by atoms with Gasteiger partial charge in [0.15, 0.2) is 0 Å². The summed E-state index contributed by atoms with van der Waals surface area (Å²) in [7, 11) is 0. The molecule has 3 rings (SSSR count). The van der Waals surface area contributed by atoms with Gasteiger partial charge in [0, 0.05) is 18.2 Å². The van der Waals surface area contributed by atoms with Crippen molar-refractivity contribution < 1.29 is 4.74 Å². The fourth-order valence-electron chi connectivity index (χ4n) is 2.05. The van der Waals surface area contributed by atoms with E-state index in [2.05, 4.69) is 21.4 Å². The second-order valence-electron chi connectivity index (χ2n) is 3.97. The zero-order chi connectivity index (χ0) is 11.5. The lowest BCUT2D eigenvalue weighted by Gasteiger charge is -2.26. The van der Waals surface area contributed by atoms with Crippen molar-refractivity contribution in [2.24, 2.45) is 0 Å². The quantitative estimate of drug-likeness (QED) is 0.855. The number of hydrogen-bond acceptors (Lipinski definition) is 4. The fourth-order valence-corrected chi connectivity index (χ4v) is 2.05. The number of rotatable bonds is 2. The highest BCUT2D eigenvalue weighted by Crippen LogP contribution is 2.33.